The van der Waals surface area contributed by atoms with Crippen molar-refractivity contribution in [3.05, 3.63) is 71.6 Å². The number of rotatable bonds is 5. The number of nitrogens with one attached hydrogen (secondary N) is 1. The van der Waals surface area contributed by atoms with E-state index >= 15 is 0 Å². The largest absolute Gasteiger partial charge is 0.497 e. The molecule has 5 rings (SSSR count). The normalized spacial score (nSPS) is 19.9. The molecule has 2 unspecified atom stereocenters. The van der Waals surface area contributed by atoms with Crippen molar-refractivity contribution in [1.29, 1.82) is 5.26 Å². The van der Waals surface area contributed by atoms with Crippen molar-refractivity contribution in [2.75, 3.05) is 38.3 Å². The minimum atomic E-state index is -0.371. The van der Waals surface area contributed by atoms with Crippen molar-refractivity contribution >= 4 is 17.8 Å². The number of aromatic nitrogens is 2. The standard InChI is InChI=1S/C27H26FN5O2/c1-34-23-10-21(9-22(28)11-23)24-16-31-15-20(3-2-18-8-19(12-29)14-30-13-18)27(24)33-6-4-25-26(17-33)35-7-5-32-25/h2-3,8-11,13-16,25-26,32H,4-7,17H2,1H3. The number of hydrogen-bond acceptors (Lipinski definition) is 7. The number of anilines is 1. The molecule has 1 N–H and O–H groups in total. The van der Waals surface area contributed by atoms with Gasteiger partial charge in [0.05, 0.1) is 31.1 Å². The van der Waals surface area contributed by atoms with Crippen LogP contribution in [-0.4, -0.2) is 55.5 Å². The lowest BCUT2D eigenvalue weighted by Crippen LogP contribution is -2.58. The third-order valence-electron chi connectivity index (χ3n) is 6.42. The molecule has 2 aromatic heterocycles. The van der Waals surface area contributed by atoms with Crippen LogP contribution in [0.2, 0.25) is 0 Å². The van der Waals surface area contributed by atoms with Crippen LogP contribution in [0.3, 0.4) is 0 Å². The summed E-state index contributed by atoms with van der Waals surface area (Å²) in [5, 5.41) is 12.8. The van der Waals surface area contributed by atoms with Gasteiger partial charge in [0.25, 0.3) is 0 Å². The third kappa shape index (κ3) is 5.02. The Bertz CT molecular complexity index is 1290. The molecule has 0 saturated carbocycles. The van der Waals surface area contributed by atoms with E-state index in [0.717, 1.165) is 41.9 Å². The maximum atomic E-state index is 14.4. The fraction of sp³-hybridized carbons (Fsp3) is 0.296. The van der Waals surface area contributed by atoms with E-state index in [-0.39, 0.29) is 11.9 Å². The Morgan fingerprint density at radius 2 is 2.06 bits per heavy atom. The van der Waals surface area contributed by atoms with Gasteiger partial charge in [-0.05, 0) is 35.7 Å². The molecule has 2 fully saturated rings. The van der Waals surface area contributed by atoms with Crippen LogP contribution in [0, 0.1) is 17.1 Å². The molecule has 0 amide bonds. The Balaban J connectivity index is 1.59. The molecule has 2 aliphatic heterocycles. The van der Waals surface area contributed by atoms with E-state index < -0.39 is 0 Å². The molecule has 8 heteroatoms. The molecular weight excluding hydrogens is 445 g/mol. The second kappa shape index (κ2) is 10.2. The van der Waals surface area contributed by atoms with Crippen LogP contribution in [0.25, 0.3) is 23.3 Å². The zero-order valence-corrected chi connectivity index (χ0v) is 19.4. The number of piperidine rings is 1. The second-order valence-corrected chi connectivity index (χ2v) is 8.66. The van der Waals surface area contributed by atoms with Crippen LogP contribution in [-0.2, 0) is 4.74 Å². The predicted octanol–water partition coefficient (Wildman–Crippen LogP) is 3.90. The van der Waals surface area contributed by atoms with Crippen LogP contribution in [0.5, 0.6) is 5.75 Å². The van der Waals surface area contributed by atoms with Crippen molar-refractivity contribution in [2.24, 2.45) is 0 Å². The van der Waals surface area contributed by atoms with Crippen molar-refractivity contribution in [1.82, 2.24) is 15.3 Å². The second-order valence-electron chi connectivity index (χ2n) is 8.66. The van der Waals surface area contributed by atoms with Crippen LogP contribution in [0.4, 0.5) is 10.1 Å². The van der Waals surface area contributed by atoms with Crippen LogP contribution in [0.15, 0.2) is 49.1 Å². The quantitative estimate of drug-likeness (QED) is 0.604. The molecular formula is C27H26FN5O2. The van der Waals surface area contributed by atoms with Gasteiger partial charge < -0.3 is 19.7 Å². The zero-order valence-electron chi connectivity index (χ0n) is 19.4. The summed E-state index contributed by atoms with van der Waals surface area (Å²) in [7, 11) is 1.53. The van der Waals surface area contributed by atoms with Crippen LogP contribution < -0.4 is 15.0 Å². The summed E-state index contributed by atoms with van der Waals surface area (Å²) in [6, 6.07) is 8.92. The van der Waals surface area contributed by atoms with E-state index in [4.69, 9.17) is 9.47 Å². The van der Waals surface area contributed by atoms with Crippen molar-refractivity contribution in [2.45, 2.75) is 18.6 Å². The highest BCUT2D eigenvalue weighted by molar-refractivity contribution is 5.87. The first-order chi connectivity index (χ1) is 17.1. The summed E-state index contributed by atoms with van der Waals surface area (Å²) in [6.45, 7) is 3.10. The highest BCUT2D eigenvalue weighted by Crippen LogP contribution is 2.38. The van der Waals surface area contributed by atoms with Gasteiger partial charge >= 0.3 is 0 Å². The zero-order chi connectivity index (χ0) is 24.2. The van der Waals surface area contributed by atoms with Crippen LogP contribution in [0.1, 0.15) is 23.1 Å². The van der Waals surface area contributed by atoms with Gasteiger partial charge in [0.1, 0.15) is 17.6 Å². The lowest BCUT2D eigenvalue weighted by molar-refractivity contribution is -0.00901. The summed E-state index contributed by atoms with van der Waals surface area (Å²) in [5.74, 6) is 0.0778. The van der Waals surface area contributed by atoms with Gasteiger partial charge in [-0.25, -0.2) is 4.39 Å². The summed E-state index contributed by atoms with van der Waals surface area (Å²) >= 11 is 0. The molecule has 0 spiro atoms. The lowest BCUT2D eigenvalue weighted by atomic mass is 9.96. The van der Waals surface area contributed by atoms with Gasteiger partial charge in [-0.2, -0.15) is 5.26 Å². The molecule has 2 saturated heterocycles. The average Bonchev–Trinajstić information content (AvgIpc) is 2.91. The Hall–Kier alpha value is -3.80. The maximum absolute atomic E-state index is 14.4. The Kier molecular flexibility index (Phi) is 6.70. The van der Waals surface area contributed by atoms with E-state index in [1.165, 1.54) is 25.4 Å². The monoisotopic (exact) mass is 471 g/mol. The molecule has 4 heterocycles. The molecule has 178 valence electrons. The van der Waals surface area contributed by atoms with Gasteiger partial charge in [0.15, 0.2) is 0 Å². The molecule has 3 aromatic rings. The Morgan fingerprint density at radius 3 is 2.91 bits per heavy atom. The fourth-order valence-corrected chi connectivity index (χ4v) is 4.76. The number of morpholine rings is 1. The number of benzene rings is 1. The van der Waals surface area contributed by atoms with Gasteiger partial charge in [-0.1, -0.05) is 12.2 Å². The number of fused-ring (bicyclic) bond motifs is 1. The Morgan fingerprint density at radius 1 is 1.17 bits per heavy atom. The van der Waals surface area contributed by atoms with Crippen molar-refractivity contribution in [3.8, 4) is 22.9 Å². The molecule has 0 bridgehead atoms. The van der Waals surface area contributed by atoms with Gasteiger partial charge in [0.2, 0.25) is 0 Å². The topological polar surface area (TPSA) is 83.3 Å². The third-order valence-corrected chi connectivity index (χ3v) is 6.42. The summed E-state index contributed by atoms with van der Waals surface area (Å²) in [4.78, 5) is 10.9. The highest BCUT2D eigenvalue weighted by Gasteiger charge is 2.33. The number of methoxy groups -OCH3 is 1. The van der Waals surface area contributed by atoms with E-state index in [1.54, 1.807) is 24.7 Å². The van der Waals surface area contributed by atoms with Gasteiger partial charge in [0, 0.05) is 67.7 Å². The summed E-state index contributed by atoms with van der Waals surface area (Å²) in [5.41, 5.74) is 4.66. The molecule has 35 heavy (non-hydrogen) atoms. The van der Waals surface area contributed by atoms with Crippen molar-refractivity contribution in [3.63, 3.8) is 0 Å². The Labute approximate surface area is 203 Å². The first-order valence-electron chi connectivity index (χ1n) is 11.6. The van der Waals surface area contributed by atoms with Gasteiger partial charge in [-0.3, -0.25) is 9.97 Å². The lowest BCUT2D eigenvalue weighted by Gasteiger charge is -2.43. The number of hydrogen-bond donors (Lipinski definition) is 1. The first-order valence-corrected chi connectivity index (χ1v) is 11.6. The molecule has 0 aliphatic carbocycles. The first kappa shape index (κ1) is 23.0. The van der Waals surface area contributed by atoms with E-state index in [2.05, 4.69) is 26.3 Å². The minimum Gasteiger partial charge on any atom is -0.497 e. The molecule has 7 nitrogen and oxygen atoms in total. The molecule has 2 atom stereocenters. The van der Waals surface area contributed by atoms with E-state index in [9.17, 15) is 9.65 Å². The van der Waals surface area contributed by atoms with E-state index in [1.807, 2.05) is 18.2 Å². The molecule has 2 aliphatic rings. The minimum absolute atomic E-state index is 0.0777. The van der Waals surface area contributed by atoms with Crippen LogP contribution >= 0.6 is 0 Å². The molecule has 0 radical (unpaired) electrons. The fourth-order valence-electron chi connectivity index (χ4n) is 4.76. The SMILES string of the molecule is COc1cc(F)cc(-c2cncc(C=Cc3cncc(C#N)c3)c2N2CCC3NCCOC3C2)c1. The van der Waals surface area contributed by atoms with Crippen molar-refractivity contribution < 1.29 is 13.9 Å². The van der Waals surface area contributed by atoms with E-state index in [0.29, 0.717) is 36.1 Å². The maximum Gasteiger partial charge on any atom is 0.127 e. The highest BCUT2D eigenvalue weighted by atomic mass is 19.1. The number of nitrogens with zero attached hydrogens (tertiary/aromatic N) is 4. The number of pyridine rings is 2. The number of ether oxygens (including phenoxy) is 2. The number of nitriles is 1. The van der Waals surface area contributed by atoms with Gasteiger partial charge in [-0.15, -0.1) is 0 Å². The number of halogens is 1. The predicted molar refractivity (Wildman–Crippen MR) is 132 cm³/mol. The summed E-state index contributed by atoms with van der Waals surface area (Å²) < 4.78 is 25.8. The molecule has 1 aromatic carbocycles. The summed E-state index contributed by atoms with van der Waals surface area (Å²) in [6.07, 6.45) is 11.7. The smallest absolute Gasteiger partial charge is 0.127 e. The average molecular weight is 472 g/mol.